The minimum Gasteiger partial charge on any atom is -0.343 e. The largest absolute Gasteiger partial charge is 0.343 e. The zero-order chi connectivity index (χ0) is 27.0. The number of halogens is 2. The van der Waals surface area contributed by atoms with Gasteiger partial charge in [0.15, 0.2) is 0 Å². The van der Waals surface area contributed by atoms with Crippen molar-refractivity contribution in [2.75, 3.05) is 19.6 Å². The first-order valence-electron chi connectivity index (χ1n) is 12.9. The number of alkyl halides is 1. The predicted molar refractivity (Wildman–Crippen MR) is 134 cm³/mol. The summed E-state index contributed by atoms with van der Waals surface area (Å²) in [6.45, 7) is 1.03. The van der Waals surface area contributed by atoms with Gasteiger partial charge in [-0.2, -0.15) is 0 Å². The third-order valence-electron chi connectivity index (χ3n) is 7.45. The molecular formula is C28H30F2N4O4. The van der Waals surface area contributed by atoms with Crippen LogP contribution in [0.5, 0.6) is 0 Å². The molecular weight excluding hydrogens is 494 g/mol. The van der Waals surface area contributed by atoms with Crippen molar-refractivity contribution in [1.82, 2.24) is 20.4 Å². The van der Waals surface area contributed by atoms with E-state index in [1.54, 1.807) is 19.1 Å². The highest BCUT2D eigenvalue weighted by molar-refractivity contribution is 5.99. The predicted octanol–water partition coefficient (Wildman–Crippen LogP) is 3.04. The number of benzene rings is 2. The third kappa shape index (κ3) is 5.39. The normalized spacial score (nSPS) is 24.2. The van der Waals surface area contributed by atoms with Crippen LogP contribution in [0.15, 0.2) is 48.5 Å². The second kappa shape index (κ2) is 10.5. The molecule has 2 aromatic rings. The van der Waals surface area contributed by atoms with Crippen LogP contribution in [0.4, 0.5) is 13.6 Å². The Bertz CT molecular complexity index is 1250. The lowest BCUT2D eigenvalue weighted by Gasteiger charge is -2.32. The fourth-order valence-corrected chi connectivity index (χ4v) is 5.19. The molecule has 2 N–H and O–H groups in total. The topological polar surface area (TPSA) is 98.8 Å². The first kappa shape index (κ1) is 25.8. The SMILES string of the molecule is CC1CN(CC(=O)N2C[C@H](F)C[C@H]2C(=O)N[C@@H](c2ccccc2)c2ccc(C3CC3)c(F)c2)C(=O)NC1=O. The van der Waals surface area contributed by atoms with E-state index < -0.39 is 47.9 Å². The molecule has 1 unspecified atom stereocenters. The van der Waals surface area contributed by atoms with E-state index in [0.29, 0.717) is 11.1 Å². The summed E-state index contributed by atoms with van der Waals surface area (Å²) in [5.74, 6) is -2.16. The Morgan fingerprint density at radius 2 is 1.82 bits per heavy atom. The van der Waals surface area contributed by atoms with Gasteiger partial charge in [-0.25, -0.2) is 13.6 Å². The maximum absolute atomic E-state index is 14.9. The van der Waals surface area contributed by atoms with E-state index in [0.717, 1.165) is 23.3 Å². The van der Waals surface area contributed by atoms with Crippen LogP contribution in [0, 0.1) is 11.7 Å². The molecule has 2 aliphatic heterocycles. The molecule has 2 saturated heterocycles. The quantitative estimate of drug-likeness (QED) is 0.582. The number of hydrogen-bond donors (Lipinski definition) is 2. The van der Waals surface area contributed by atoms with Crippen LogP contribution in [0.3, 0.4) is 0 Å². The van der Waals surface area contributed by atoms with Gasteiger partial charge in [0.25, 0.3) is 0 Å². The van der Waals surface area contributed by atoms with Crippen LogP contribution in [0.2, 0.25) is 0 Å². The Morgan fingerprint density at radius 3 is 2.50 bits per heavy atom. The Morgan fingerprint density at radius 1 is 1.08 bits per heavy atom. The molecule has 8 nitrogen and oxygen atoms in total. The first-order valence-corrected chi connectivity index (χ1v) is 12.9. The Hall–Kier alpha value is -3.82. The summed E-state index contributed by atoms with van der Waals surface area (Å²) >= 11 is 0. The number of nitrogens with one attached hydrogen (secondary N) is 2. The molecule has 3 aliphatic rings. The number of urea groups is 1. The lowest BCUT2D eigenvalue weighted by Crippen LogP contribution is -2.57. The smallest absolute Gasteiger partial charge is 0.324 e. The summed E-state index contributed by atoms with van der Waals surface area (Å²) in [5, 5.41) is 5.10. The first-order chi connectivity index (χ1) is 18.2. The van der Waals surface area contributed by atoms with E-state index in [1.807, 2.05) is 30.3 Å². The summed E-state index contributed by atoms with van der Waals surface area (Å²) in [6.07, 6.45) is 0.323. The van der Waals surface area contributed by atoms with Gasteiger partial charge in [-0.1, -0.05) is 49.4 Å². The zero-order valence-electron chi connectivity index (χ0n) is 21.0. The van der Waals surface area contributed by atoms with Crippen molar-refractivity contribution in [2.24, 2.45) is 5.92 Å². The van der Waals surface area contributed by atoms with Crippen LogP contribution < -0.4 is 10.6 Å². The van der Waals surface area contributed by atoms with E-state index in [1.165, 1.54) is 11.0 Å². The lowest BCUT2D eigenvalue weighted by molar-refractivity contribution is -0.139. The lowest BCUT2D eigenvalue weighted by atomic mass is 9.96. The van der Waals surface area contributed by atoms with Crippen LogP contribution in [0.1, 0.15) is 54.8 Å². The monoisotopic (exact) mass is 524 g/mol. The van der Waals surface area contributed by atoms with Gasteiger partial charge in [-0.05, 0) is 41.5 Å². The molecule has 200 valence electrons. The van der Waals surface area contributed by atoms with Gasteiger partial charge in [-0.3, -0.25) is 19.7 Å². The Labute approximate surface area is 219 Å². The van der Waals surface area contributed by atoms with Crippen LogP contribution >= 0.6 is 0 Å². The van der Waals surface area contributed by atoms with E-state index >= 15 is 0 Å². The maximum Gasteiger partial charge on any atom is 0.324 e. The van der Waals surface area contributed by atoms with Crippen molar-refractivity contribution >= 4 is 23.8 Å². The summed E-state index contributed by atoms with van der Waals surface area (Å²) in [5.41, 5.74) is 1.93. The molecule has 0 spiro atoms. The number of likely N-dealkylation sites (tertiary alicyclic amines) is 1. The van der Waals surface area contributed by atoms with Gasteiger partial charge in [-0.15, -0.1) is 0 Å². The van der Waals surface area contributed by atoms with Gasteiger partial charge < -0.3 is 15.1 Å². The Balaban J connectivity index is 1.34. The molecule has 2 aromatic carbocycles. The van der Waals surface area contributed by atoms with E-state index in [-0.39, 0.29) is 37.8 Å². The van der Waals surface area contributed by atoms with Gasteiger partial charge in [0.1, 0.15) is 24.6 Å². The molecule has 2 heterocycles. The molecule has 3 fully saturated rings. The molecule has 5 rings (SSSR count). The minimum atomic E-state index is -1.41. The molecule has 0 radical (unpaired) electrons. The van der Waals surface area contributed by atoms with Crippen LogP contribution in [0.25, 0.3) is 0 Å². The van der Waals surface area contributed by atoms with Crippen LogP contribution in [-0.4, -0.2) is 65.4 Å². The number of rotatable bonds is 7. The molecule has 5 amide bonds. The molecule has 1 aliphatic carbocycles. The summed E-state index contributed by atoms with van der Waals surface area (Å²) in [7, 11) is 0. The highest BCUT2D eigenvalue weighted by Gasteiger charge is 2.42. The van der Waals surface area contributed by atoms with Gasteiger partial charge in [0.2, 0.25) is 17.7 Å². The number of carbonyl (C=O) groups excluding carboxylic acids is 4. The fraction of sp³-hybridized carbons (Fsp3) is 0.429. The number of amides is 5. The van der Waals surface area contributed by atoms with Gasteiger partial charge >= 0.3 is 6.03 Å². The number of carbonyl (C=O) groups is 4. The van der Waals surface area contributed by atoms with E-state index in [2.05, 4.69) is 10.6 Å². The van der Waals surface area contributed by atoms with E-state index in [9.17, 15) is 28.0 Å². The standard InChI is InChI=1S/C28H30F2N4O4/c1-16-13-33(28(38)32-26(16)36)15-24(35)34-14-20(29)12-23(34)27(37)31-25(18-5-3-2-4-6-18)19-9-10-21(17-7-8-17)22(30)11-19/h2-6,9-11,16-17,20,23,25H,7-8,12-15H2,1H3,(H,31,37)(H,32,36,38)/t16?,20-,23+,25+/m1/s1. The minimum absolute atomic E-state index is 0.0542. The molecule has 10 heteroatoms. The Kier molecular flexibility index (Phi) is 7.14. The van der Waals surface area contributed by atoms with Crippen molar-refractivity contribution in [3.05, 3.63) is 71.0 Å². The van der Waals surface area contributed by atoms with Gasteiger partial charge in [0.05, 0.1) is 18.5 Å². The number of imide groups is 1. The van der Waals surface area contributed by atoms with Crippen molar-refractivity contribution in [2.45, 2.75) is 50.4 Å². The molecule has 0 bridgehead atoms. The second-order valence-corrected chi connectivity index (χ2v) is 10.4. The summed E-state index contributed by atoms with van der Waals surface area (Å²) in [6, 6.07) is 11.5. The third-order valence-corrected chi connectivity index (χ3v) is 7.45. The average molecular weight is 525 g/mol. The zero-order valence-corrected chi connectivity index (χ0v) is 21.0. The van der Waals surface area contributed by atoms with Crippen molar-refractivity contribution in [1.29, 1.82) is 0 Å². The number of nitrogens with zero attached hydrogens (tertiary/aromatic N) is 2. The highest BCUT2D eigenvalue weighted by Crippen LogP contribution is 2.42. The molecule has 38 heavy (non-hydrogen) atoms. The van der Waals surface area contributed by atoms with Crippen molar-refractivity contribution in [3.63, 3.8) is 0 Å². The number of hydrogen-bond acceptors (Lipinski definition) is 4. The average Bonchev–Trinajstić information content (AvgIpc) is 3.66. The van der Waals surface area contributed by atoms with Crippen LogP contribution in [-0.2, 0) is 14.4 Å². The second-order valence-electron chi connectivity index (χ2n) is 10.4. The summed E-state index contributed by atoms with van der Waals surface area (Å²) in [4.78, 5) is 52.8. The highest BCUT2D eigenvalue weighted by atomic mass is 19.1. The van der Waals surface area contributed by atoms with Crippen molar-refractivity contribution in [3.8, 4) is 0 Å². The van der Waals surface area contributed by atoms with E-state index in [4.69, 9.17) is 0 Å². The maximum atomic E-state index is 14.9. The summed E-state index contributed by atoms with van der Waals surface area (Å²) < 4.78 is 29.4. The molecule has 0 aromatic heterocycles. The fourth-order valence-electron chi connectivity index (χ4n) is 5.19. The van der Waals surface area contributed by atoms with Gasteiger partial charge in [0, 0.05) is 13.0 Å². The molecule has 4 atom stereocenters. The molecule has 1 saturated carbocycles. The van der Waals surface area contributed by atoms with Crippen molar-refractivity contribution < 1.29 is 28.0 Å².